The lowest BCUT2D eigenvalue weighted by atomic mass is 10.2. The first-order valence-corrected chi connectivity index (χ1v) is 9.14. The van der Waals surface area contributed by atoms with Gasteiger partial charge in [0.25, 0.3) is 0 Å². The second kappa shape index (κ2) is 8.81. The number of hydrogen-bond donors (Lipinski definition) is 1. The Bertz CT molecular complexity index is 541. The molecule has 2 heterocycles. The zero-order valence-electron chi connectivity index (χ0n) is 14.0. The Kier molecular flexibility index (Phi) is 6.49. The van der Waals surface area contributed by atoms with Crippen LogP contribution in [0.15, 0.2) is 24.3 Å². The van der Waals surface area contributed by atoms with Crippen LogP contribution in [0.2, 0.25) is 5.02 Å². The molecule has 1 N–H and O–H groups in total. The van der Waals surface area contributed by atoms with Crippen LogP contribution in [-0.2, 0) is 16.1 Å². The SMILES string of the molecule is O=C(CN1CCN(CC2CCCO2)CC1)NCc1cccc(Cl)c1. The van der Waals surface area contributed by atoms with Crippen LogP contribution >= 0.6 is 11.6 Å². The molecular weight excluding hydrogens is 326 g/mol. The first-order chi connectivity index (χ1) is 11.7. The molecule has 1 unspecified atom stereocenters. The molecule has 0 saturated carbocycles. The summed E-state index contributed by atoms with van der Waals surface area (Å²) in [7, 11) is 0. The van der Waals surface area contributed by atoms with Crippen molar-refractivity contribution in [3.05, 3.63) is 34.9 Å². The summed E-state index contributed by atoms with van der Waals surface area (Å²) in [5.74, 6) is 0.0718. The molecule has 2 saturated heterocycles. The smallest absolute Gasteiger partial charge is 0.234 e. The predicted molar refractivity (Wildman–Crippen MR) is 95.2 cm³/mol. The van der Waals surface area contributed by atoms with Crippen LogP contribution in [0.3, 0.4) is 0 Å². The Morgan fingerprint density at radius 2 is 2.04 bits per heavy atom. The summed E-state index contributed by atoms with van der Waals surface area (Å²) < 4.78 is 5.70. The lowest BCUT2D eigenvalue weighted by Crippen LogP contribution is -2.50. The monoisotopic (exact) mass is 351 g/mol. The Morgan fingerprint density at radius 1 is 1.25 bits per heavy atom. The molecule has 3 rings (SSSR count). The van der Waals surface area contributed by atoms with E-state index in [9.17, 15) is 4.79 Å². The normalized spacial score (nSPS) is 22.6. The molecule has 0 aromatic heterocycles. The third kappa shape index (κ3) is 5.45. The summed E-state index contributed by atoms with van der Waals surface area (Å²) in [6.45, 7) is 6.86. The summed E-state index contributed by atoms with van der Waals surface area (Å²) in [5, 5.41) is 3.67. The van der Waals surface area contributed by atoms with Gasteiger partial charge in [-0.2, -0.15) is 0 Å². The molecule has 24 heavy (non-hydrogen) atoms. The van der Waals surface area contributed by atoms with Crippen LogP contribution in [0.25, 0.3) is 0 Å². The molecule has 132 valence electrons. The van der Waals surface area contributed by atoms with Gasteiger partial charge in [0.2, 0.25) is 5.91 Å². The van der Waals surface area contributed by atoms with Crippen molar-refractivity contribution in [2.45, 2.75) is 25.5 Å². The molecule has 6 heteroatoms. The van der Waals surface area contributed by atoms with E-state index in [1.165, 1.54) is 12.8 Å². The van der Waals surface area contributed by atoms with Crippen LogP contribution in [-0.4, -0.2) is 67.7 Å². The van der Waals surface area contributed by atoms with E-state index in [0.29, 0.717) is 24.2 Å². The van der Waals surface area contributed by atoms with E-state index >= 15 is 0 Å². The summed E-state index contributed by atoms with van der Waals surface area (Å²) in [6.07, 6.45) is 2.79. The molecule has 1 amide bonds. The van der Waals surface area contributed by atoms with E-state index in [0.717, 1.165) is 44.9 Å². The van der Waals surface area contributed by atoms with Crippen LogP contribution < -0.4 is 5.32 Å². The lowest BCUT2D eigenvalue weighted by Gasteiger charge is -2.35. The van der Waals surface area contributed by atoms with Gasteiger partial charge in [0.1, 0.15) is 0 Å². The molecule has 2 aliphatic heterocycles. The fourth-order valence-electron chi connectivity index (χ4n) is 3.31. The number of halogens is 1. The van der Waals surface area contributed by atoms with E-state index in [1.54, 1.807) is 0 Å². The van der Waals surface area contributed by atoms with Gasteiger partial charge >= 0.3 is 0 Å². The zero-order chi connectivity index (χ0) is 16.8. The van der Waals surface area contributed by atoms with Crippen molar-refractivity contribution in [1.29, 1.82) is 0 Å². The number of amides is 1. The number of carbonyl (C=O) groups excluding carboxylic acids is 1. The first kappa shape index (κ1) is 17.7. The number of rotatable bonds is 6. The molecule has 0 radical (unpaired) electrons. The van der Waals surface area contributed by atoms with E-state index < -0.39 is 0 Å². The highest BCUT2D eigenvalue weighted by Gasteiger charge is 2.23. The van der Waals surface area contributed by atoms with E-state index in [2.05, 4.69) is 15.1 Å². The quantitative estimate of drug-likeness (QED) is 0.848. The summed E-state index contributed by atoms with van der Waals surface area (Å²) >= 11 is 5.96. The number of benzene rings is 1. The molecule has 2 fully saturated rings. The van der Waals surface area contributed by atoms with Crippen molar-refractivity contribution in [1.82, 2.24) is 15.1 Å². The maximum atomic E-state index is 12.1. The summed E-state index contributed by atoms with van der Waals surface area (Å²) in [6, 6.07) is 7.59. The fraction of sp³-hybridized carbons (Fsp3) is 0.611. The minimum Gasteiger partial charge on any atom is -0.377 e. The lowest BCUT2D eigenvalue weighted by molar-refractivity contribution is -0.122. The topological polar surface area (TPSA) is 44.8 Å². The third-order valence-corrected chi connectivity index (χ3v) is 4.93. The maximum Gasteiger partial charge on any atom is 0.234 e. The fourth-order valence-corrected chi connectivity index (χ4v) is 3.53. The molecule has 1 aromatic rings. The molecule has 1 atom stereocenters. The van der Waals surface area contributed by atoms with E-state index in [1.807, 2.05) is 24.3 Å². The Morgan fingerprint density at radius 3 is 2.75 bits per heavy atom. The predicted octanol–water partition coefficient (Wildman–Crippen LogP) is 1.75. The minimum atomic E-state index is 0.0718. The van der Waals surface area contributed by atoms with Crippen LogP contribution in [0.1, 0.15) is 18.4 Å². The molecule has 0 aliphatic carbocycles. The van der Waals surface area contributed by atoms with Gasteiger partial charge in [-0.05, 0) is 30.5 Å². The van der Waals surface area contributed by atoms with Crippen molar-refractivity contribution in [2.24, 2.45) is 0 Å². The Hall–Kier alpha value is -1.14. The van der Waals surface area contributed by atoms with Crippen molar-refractivity contribution < 1.29 is 9.53 Å². The van der Waals surface area contributed by atoms with Gasteiger partial charge < -0.3 is 10.1 Å². The number of carbonyl (C=O) groups is 1. The molecule has 0 bridgehead atoms. The third-order valence-electron chi connectivity index (χ3n) is 4.70. The van der Waals surface area contributed by atoms with Crippen molar-refractivity contribution in [3.63, 3.8) is 0 Å². The summed E-state index contributed by atoms with van der Waals surface area (Å²) in [4.78, 5) is 16.8. The van der Waals surface area contributed by atoms with Gasteiger partial charge in [-0.15, -0.1) is 0 Å². The van der Waals surface area contributed by atoms with Crippen molar-refractivity contribution >= 4 is 17.5 Å². The van der Waals surface area contributed by atoms with Gasteiger partial charge in [-0.25, -0.2) is 0 Å². The van der Waals surface area contributed by atoms with Gasteiger partial charge in [0.15, 0.2) is 0 Å². The number of ether oxygens (including phenoxy) is 1. The van der Waals surface area contributed by atoms with Gasteiger partial charge in [-0.1, -0.05) is 23.7 Å². The average molecular weight is 352 g/mol. The van der Waals surface area contributed by atoms with Crippen molar-refractivity contribution in [2.75, 3.05) is 45.9 Å². The van der Waals surface area contributed by atoms with Gasteiger partial charge in [-0.3, -0.25) is 14.6 Å². The maximum absolute atomic E-state index is 12.1. The zero-order valence-corrected chi connectivity index (χ0v) is 14.8. The highest BCUT2D eigenvalue weighted by atomic mass is 35.5. The van der Waals surface area contributed by atoms with Crippen molar-refractivity contribution in [3.8, 4) is 0 Å². The molecule has 1 aromatic carbocycles. The second-order valence-electron chi connectivity index (χ2n) is 6.62. The highest BCUT2D eigenvalue weighted by molar-refractivity contribution is 6.30. The second-order valence-corrected chi connectivity index (χ2v) is 7.05. The number of hydrogen-bond acceptors (Lipinski definition) is 4. The number of nitrogens with zero attached hydrogens (tertiary/aromatic N) is 2. The van der Waals surface area contributed by atoms with Crippen LogP contribution in [0.5, 0.6) is 0 Å². The van der Waals surface area contributed by atoms with Crippen LogP contribution in [0, 0.1) is 0 Å². The summed E-state index contributed by atoms with van der Waals surface area (Å²) in [5.41, 5.74) is 1.03. The van der Waals surface area contributed by atoms with Gasteiger partial charge in [0, 0.05) is 50.9 Å². The molecule has 2 aliphatic rings. The van der Waals surface area contributed by atoms with E-state index in [4.69, 9.17) is 16.3 Å². The Balaban J connectivity index is 1.34. The van der Waals surface area contributed by atoms with Gasteiger partial charge in [0.05, 0.1) is 12.6 Å². The Labute approximate surface area is 148 Å². The first-order valence-electron chi connectivity index (χ1n) is 8.76. The average Bonchev–Trinajstić information content (AvgIpc) is 3.08. The van der Waals surface area contributed by atoms with E-state index in [-0.39, 0.29) is 5.91 Å². The highest BCUT2D eigenvalue weighted by Crippen LogP contribution is 2.14. The number of piperazine rings is 1. The largest absolute Gasteiger partial charge is 0.377 e. The molecule has 0 spiro atoms. The molecule has 5 nitrogen and oxygen atoms in total. The minimum absolute atomic E-state index is 0.0718. The standard InChI is InChI=1S/C18H26ClN3O2/c19-16-4-1-3-15(11-16)12-20-18(23)14-22-8-6-21(7-9-22)13-17-5-2-10-24-17/h1,3-4,11,17H,2,5-10,12-14H2,(H,20,23). The molecular formula is C18H26ClN3O2. The van der Waals surface area contributed by atoms with Crippen LogP contribution in [0.4, 0.5) is 0 Å². The number of nitrogens with one attached hydrogen (secondary N) is 1.